The predicted molar refractivity (Wildman–Crippen MR) is 103 cm³/mol. The SMILES string of the molecule is COc1c(-c2cc(-c3ccc(C)o3)[nH]c(=S)n2)c(O)c(Br)c2occc12. The lowest BCUT2D eigenvalue weighted by molar-refractivity contribution is 0.414. The molecular formula is C18H13BrN2O4S. The lowest BCUT2D eigenvalue weighted by Gasteiger charge is -2.13. The van der Waals surface area contributed by atoms with E-state index in [1.165, 1.54) is 13.4 Å². The summed E-state index contributed by atoms with van der Waals surface area (Å²) in [4.78, 5) is 7.37. The molecule has 4 rings (SSSR count). The maximum Gasteiger partial charge on any atom is 0.197 e. The Morgan fingerprint density at radius 3 is 2.81 bits per heavy atom. The minimum absolute atomic E-state index is 0.0426. The summed E-state index contributed by atoms with van der Waals surface area (Å²) in [6.07, 6.45) is 1.53. The number of aromatic hydroxyl groups is 1. The minimum Gasteiger partial charge on any atom is -0.506 e. The van der Waals surface area contributed by atoms with Crippen molar-refractivity contribution in [3.05, 3.63) is 45.5 Å². The Kier molecular flexibility index (Phi) is 4.08. The number of methoxy groups -OCH3 is 1. The Labute approximate surface area is 161 Å². The molecule has 0 fully saturated rings. The van der Waals surface area contributed by atoms with E-state index in [4.69, 9.17) is 25.8 Å². The van der Waals surface area contributed by atoms with Gasteiger partial charge in [0.05, 0.1) is 35.7 Å². The number of phenols is 1. The Hall–Kier alpha value is -2.58. The van der Waals surface area contributed by atoms with Gasteiger partial charge in [0.15, 0.2) is 16.1 Å². The summed E-state index contributed by atoms with van der Waals surface area (Å²) in [5, 5.41) is 11.5. The fourth-order valence-corrected chi connectivity index (χ4v) is 3.58. The lowest BCUT2D eigenvalue weighted by atomic mass is 10.0. The largest absolute Gasteiger partial charge is 0.506 e. The summed E-state index contributed by atoms with van der Waals surface area (Å²) in [6.45, 7) is 1.86. The van der Waals surface area contributed by atoms with E-state index in [1.54, 1.807) is 12.1 Å². The van der Waals surface area contributed by atoms with Crippen LogP contribution in [0.1, 0.15) is 5.76 Å². The minimum atomic E-state index is -0.0426. The Bertz CT molecular complexity index is 1190. The van der Waals surface area contributed by atoms with E-state index in [1.807, 2.05) is 19.1 Å². The average molecular weight is 433 g/mol. The van der Waals surface area contributed by atoms with Crippen molar-refractivity contribution in [2.75, 3.05) is 7.11 Å². The zero-order valence-corrected chi connectivity index (χ0v) is 16.2. The summed E-state index contributed by atoms with van der Waals surface area (Å²) in [7, 11) is 1.53. The molecule has 0 amide bonds. The fourth-order valence-electron chi connectivity index (χ4n) is 2.86. The number of aromatic nitrogens is 2. The van der Waals surface area contributed by atoms with E-state index >= 15 is 0 Å². The van der Waals surface area contributed by atoms with Crippen molar-refractivity contribution < 1.29 is 18.7 Å². The molecule has 0 atom stereocenters. The van der Waals surface area contributed by atoms with Gasteiger partial charge in [0.25, 0.3) is 0 Å². The molecule has 26 heavy (non-hydrogen) atoms. The first-order chi connectivity index (χ1) is 12.5. The third-order valence-electron chi connectivity index (χ3n) is 3.99. The highest BCUT2D eigenvalue weighted by Crippen LogP contribution is 2.48. The van der Waals surface area contributed by atoms with E-state index < -0.39 is 0 Å². The highest BCUT2D eigenvalue weighted by atomic mass is 79.9. The number of nitrogens with one attached hydrogen (secondary N) is 1. The van der Waals surface area contributed by atoms with Gasteiger partial charge in [-0.1, -0.05) is 0 Å². The number of hydrogen-bond donors (Lipinski definition) is 2. The van der Waals surface area contributed by atoms with Gasteiger partial charge in [0, 0.05) is 0 Å². The monoisotopic (exact) mass is 432 g/mol. The van der Waals surface area contributed by atoms with Crippen molar-refractivity contribution in [1.82, 2.24) is 9.97 Å². The third-order valence-corrected chi connectivity index (χ3v) is 4.92. The van der Waals surface area contributed by atoms with Crippen molar-refractivity contribution in [1.29, 1.82) is 0 Å². The number of halogens is 1. The molecular weight excluding hydrogens is 420 g/mol. The summed E-state index contributed by atoms with van der Waals surface area (Å²) < 4.78 is 17.3. The normalized spacial score (nSPS) is 11.2. The molecule has 0 saturated carbocycles. The van der Waals surface area contributed by atoms with E-state index in [2.05, 4.69) is 25.9 Å². The van der Waals surface area contributed by atoms with Gasteiger partial charge in [-0.25, -0.2) is 4.98 Å². The number of ether oxygens (including phenoxy) is 1. The number of phenolic OH excluding ortho intramolecular Hbond substituents is 1. The maximum atomic E-state index is 10.7. The quantitative estimate of drug-likeness (QED) is 0.410. The number of aromatic amines is 1. The Balaban J connectivity index is 2.03. The van der Waals surface area contributed by atoms with Crippen LogP contribution in [0.3, 0.4) is 0 Å². The van der Waals surface area contributed by atoms with Gasteiger partial charge >= 0.3 is 0 Å². The van der Waals surface area contributed by atoms with E-state index in [0.717, 1.165) is 5.76 Å². The van der Waals surface area contributed by atoms with Crippen molar-refractivity contribution in [3.8, 4) is 34.2 Å². The first-order valence-corrected chi connectivity index (χ1v) is 8.84. The molecule has 0 radical (unpaired) electrons. The van der Waals surface area contributed by atoms with Gasteiger partial charge in [0.1, 0.15) is 21.7 Å². The van der Waals surface area contributed by atoms with E-state index in [0.29, 0.717) is 43.9 Å². The maximum absolute atomic E-state index is 10.7. The van der Waals surface area contributed by atoms with Gasteiger partial charge in [-0.3, -0.25) is 0 Å². The van der Waals surface area contributed by atoms with E-state index in [-0.39, 0.29) is 10.5 Å². The van der Waals surface area contributed by atoms with Crippen LogP contribution in [0.25, 0.3) is 33.7 Å². The standard InChI is InChI=1S/C18H13BrN2O4S/c1-8-3-4-12(25-8)10-7-11(21-18(26)20-10)13-15(22)14(19)17-9(5-6-24-17)16(13)23-2/h3-7,22H,1-2H3,(H,20,21,26). The molecule has 0 spiro atoms. The fraction of sp³-hybridized carbons (Fsp3) is 0.111. The van der Waals surface area contributed by atoms with Crippen LogP contribution in [0.15, 0.2) is 43.8 Å². The number of fused-ring (bicyclic) bond motifs is 1. The second-order valence-corrected chi connectivity index (χ2v) is 6.81. The van der Waals surface area contributed by atoms with Crippen molar-refractivity contribution in [2.45, 2.75) is 6.92 Å². The molecule has 1 aromatic carbocycles. The van der Waals surface area contributed by atoms with E-state index in [9.17, 15) is 5.11 Å². The molecule has 8 heteroatoms. The molecule has 0 aliphatic carbocycles. The average Bonchev–Trinajstić information content (AvgIpc) is 3.26. The summed E-state index contributed by atoms with van der Waals surface area (Å²) in [5.74, 6) is 1.81. The molecule has 3 aromatic heterocycles. The highest BCUT2D eigenvalue weighted by Gasteiger charge is 2.23. The number of rotatable bonds is 3. The zero-order valence-electron chi connectivity index (χ0n) is 13.8. The summed E-state index contributed by atoms with van der Waals surface area (Å²) in [5.41, 5.74) is 2.01. The molecule has 0 unspecified atom stereocenters. The number of furan rings is 2. The van der Waals surface area contributed by atoms with Crippen LogP contribution >= 0.6 is 28.1 Å². The van der Waals surface area contributed by atoms with Gasteiger partial charge in [-0.2, -0.15) is 0 Å². The van der Waals surface area contributed by atoms with Crippen LogP contribution in [-0.4, -0.2) is 22.2 Å². The molecule has 4 aromatic rings. The smallest absolute Gasteiger partial charge is 0.197 e. The predicted octanol–water partition coefficient (Wildman–Crippen LogP) is 5.60. The van der Waals surface area contributed by atoms with Crippen molar-refractivity contribution in [2.24, 2.45) is 0 Å². The summed E-state index contributed by atoms with van der Waals surface area (Å²) >= 11 is 8.64. The number of benzene rings is 1. The van der Waals surface area contributed by atoms with Crippen LogP contribution in [0.5, 0.6) is 11.5 Å². The third kappa shape index (κ3) is 2.62. The van der Waals surface area contributed by atoms with Crippen LogP contribution in [0, 0.1) is 11.7 Å². The topological polar surface area (TPSA) is 84.4 Å². The van der Waals surface area contributed by atoms with Crippen LogP contribution in [0.2, 0.25) is 0 Å². The number of aryl methyl sites for hydroxylation is 1. The van der Waals surface area contributed by atoms with Gasteiger partial charge in [-0.15, -0.1) is 0 Å². The molecule has 0 bridgehead atoms. The highest BCUT2D eigenvalue weighted by molar-refractivity contribution is 9.10. The Morgan fingerprint density at radius 2 is 2.12 bits per heavy atom. The molecule has 0 aliphatic heterocycles. The zero-order chi connectivity index (χ0) is 18.4. The molecule has 132 valence electrons. The lowest BCUT2D eigenvalue weighted by Crippen LogP contribution is -1.95. The second-order valence-electron chi connectivity index (χ2n) is 5.63. The second kappa shape index (κ2) is 6.30. The molecule has 0 aliphatic rings. The van der Waals surface area contributed by atoms with Gasteiger partial charge in [0.2, 0.25) is 0 Å². The molecule has 2 N–H and O–H groups in total. The van der Waals surface area contributed by atoms with Crippen molar-refractivity contribution in [3.63, 3.8) is 0 Å². The van der Waals surface area contributed by atoms with Crippen LogP contribution in [0.4, 0.5) is 0 Å². The van der Waals surface area contributed by atoms with Crippen molar-refractivity contribution >= 4 is 39.1 Å². The van der Waals surface area contributed by atoms with Gasteiger partial charge in [-0.05, 0) is 59.3 Å². The first kappa shape index (κ1) is 16.9. The molecule has 3 heterocycles. The van der Waals surface area contributed by atoms with Crippen LogP contribution in [-0.2, 0) is 0 Å². The number of nitrogens with zero attached hydrogens (tertiary/aromatic N) is 1. The summed E-state index contributed by atoms with van der Waals surface area (Å²) in [6, 6.07) is 7.22. The number of H-pyrrole nitrogens is 1. The van der Waals surface area contributed by atoms with Crippen LogP contribution < -0.4 is 4.74 Å². The Morgan fingerprint density at radius 1 is 1.31 bits per heavy atom. The molecule has 0 saturated heterocycles. The molecule has 6 nitrogen and oxygen atoms in total. The number of hydrogen-bond acceptors (Lipinski definition) is 6. The first-order valence-electron chi connectivity index (χ1n) is 7.63. The van der Waals surface area contributed by atoms with Gasteiger partial charge < -0.3 is 23.7 Å².